The molecule has 1 heterocycles. The number of rotatable bonds is 18. The van der Waals surface area contributed by atoms with E-state index in [0.29, 0.717) is 41.2 Å². The number of unbranched alkanes of at least 4 members (excludes halogenated alkanes) is 14. The van der Waals surface area contributed by atoms with Crippen LogP contribution in [0.4, 0.5) is 5.69 Å². The molecule has 0 atom stereocenters. The molecule has 34 heavy (non-hydrogen) atoms. The Morgan fingerprint density at radius 1 is 0.882 bits per heavy atom. The highest BCUT2D eigenvalue weighted by atomic mass is 35.5. The van der Waals surface area contributed by atoms with Crippen molar-refractivity contribution in [1.82, 2.24) is 5.06 Å². The molecule has 1 aromatic rings. The van der Waals surface area contributed by atoms with Gasteiger partial charge in [0.2, 0.25) is 5.96 Å². The third kappa shape index (κ3) is 11.8. The van der Waals surface area contributed by atoms with E-state index in [1.165, 1.54) is 88.5 Å². The molecule has 0 saturated heterocycles. The lowest BCUT2D eigenvalue weighted by molar-refractivity contribution is -0.171. The molecule has 0 amide bonds. The first kappa shape index (κ1) is 28.8. The lowest BCUT2D eigenvalue weighted by Crippen LogP contribution is -2.35. The molecule has 0 aromatic heterocycles. The number of nitrogens with one attached hydrogen (secondary N) is 1. The van der Waals surface area contributed by atoms with Gasteiger partial charge in [0.1, 0.15) is 0 Å². The number of hydrogen-bond acceptors (Lipinski definition) is 5. The molecule has 192 valence electrons. The van der Waals surface area contributed by atoms with Crippen LogP contribution < -0.4 is 5.32 Å². The zero-order valence-electron chi connectivity index (χ0n) is 20.9. The number of aliphatic imine (C=N–C) groups is 1. The second kappa shape index (κ2) is 17.9. The Morgan fingerprint density at radius 3 is 1.91 bits per heavy atom. The minimum Gasteiger partial charge on any atom is -0.338 e. The van der Waals surface area contributed by atoms with Gasteiger partial charge in [-0.1, -0.05) is 126 Å². The van der Waals surface area contributed by atoms with Crippen molar-refractivity contribution in [2.75, 3.05) is 18.4 Å². The molecule has 0 bridgehead atoms. The first-order valence-corrected chi connectivity index (χ1v) is 14.1. The number of halogens is 2. The maximum Gasteiger partial charge on any atom is 0.332 e. The molecule has 0 radical (unpaired) electrons. The maximum atomic E-state index is 12.3. The van der Waals surface area contributed by atoms with Crippen LogP contribution in [0.1, 0.15) is 110 Å². The fraction of sp³-hybridized carbons (Fsp3) is 0.704. The first-order chi connectivity index (χ1) is 16.6. The highest BCUT2D eigenvalue weighted by Gasteiger charge is 2.22. The van der Waals surface area contributed by atoms with E-state index >= 15 is 0 Å². The van der Waals surface area contributed by atoms with E-state index < -0.39 is 0 Å². The molecule has 2 rings (SSSR count). The van der Waals surface area contributed by atoms with Gasteiger partial charge in [-0.15, -0.1) is 0 Å². The van der Waals surface area contributed by atoms with Crippen LogP contribution >= 0.6 is 23.2 Å². The van der Waals surface area contributed by atoms with E-state index in [-0.39, 0.29) is 5.97 Å². The number of anilines is 1. The van der Waals surface area contributed by atoms with Crippen LogP contribution in [0.2, 0.25) is 10.0 Å². The molecule has 7 heteroatoms. The molecule has 0 fully saturated rings. The van der Waals surface area contributed by atoms with Gasteiger partial charge in [-0.2, -0.15) is 5.06 Å². The molecule has 0 aliphatic carbocycles. The minimum atomic E-state index is -0.226. The number of carbonyl (C=O) groups is 1. The SMILES string of the molecule is CCCCCCCCCCCCCCCCCC(=O)ON1CCN=C1Nc1c(Cl)cccc1Cl. The quantitative estimate of drug-likeness (QED) is 0.200. The van der Waals surface area contributed by atoms with Gasteiger partial charge >= 0.3 is 5.97 Å². The summed E-state index contributed by atoms with van der Waals surface area (Å²) in [4.78, 5) is 22.1. The number of guanidine groups is 1. The van der Waals surface area contributed by atoms with E-state index in [0.717, 1.165) is 12.8 Å². The third-order valence-corrected chi connectivity index (χ3v) is 6.83. The van der Waals surface area contributed by atoms with Crippen LogP contribution in [-0.2, 0) is 9.63 Å². The summed E-state index contributed by atoms with van der Waals surface area (Å²) < 4.78 is 0. The first-order valence-electron chi connectivity index (χ1n) is 13.4. The average Bonchev–Trinajstić information content (AvgIpc) is 3.25. The van der Waals surface area contributed by atoms with Crippen LogP contribution in [0, 0.1) is 0 Å². The second-order valence-corrected chi connectivity index (χ2v) is 10.0. The Kier molecular flexibility index (Phi) is 15.1. The zero-order valence-corrected chi connectivity index (χ0v) is 22.4. The summed E-state index contributed by atoms with van der Waals surface area (Å²) in [6.45, 7) is 3.35. The summed E-state index contributed by atoms with van der Waals surface area (Å²) in [6.07, 6.45) is 20.0. The molecule has 1 aliphatic heterocycles. The Labute approximate surface area is 216 Å². The highest BCUT2D eigenvalue weighted by molar-refractivity contribution is 6.39. The van der Waals surface area contributed by atoms with Gasteiger partial charge in [0.25, 0.3) is 0 Å². The molecule has 1 N–H and O–H groups in total. The Balaban J connectivity index is 1.46. The van der Waals surface area contributed by atoms with Crippen molar-refractivity contribution in [1.29, 1.82) is 0 Å². The van der Waals surface area contributed by atoms with Crippen molar-refractivity contribution >= 4 is 40.8 Å². The number of hydroxylamine groups is 2. The van der Waals surface area contributed by atoms with Crippen molar-refractivity contribution in [3.05, 3.63) is 28.2 Å². The Hall–Kier alpha value is -1.46. The molecular weight excluding hydrogens is 469 g/mol. The van der Waals surface area contributed by atoms with Gasteiger partial charge in [-0.05, 0) is 18.6 Å². The van der Waals surface area contributed by atoms with Crippen LogP contribution in [-0.4, -0.2) is 30.1 Å². The van der Waals surface area contributed by atoms with Crippen molar-refractivity contribution < 1.29 is 9.63 Å². The van der Waals surface area contributed by atoms with Gasteiger partial charge in [0, 0.05) is 6.42 Å². The molecular formula is C27H43Cl2N3O2. The molecule has 1 aromatic carbocycles. The summed E-state index contributed by atoms with van der Waals surface area (Å²) in [6, 6.07) is 5.28. The van der Waals surface area contributed by atoms with Gasteiger partial charge in [0.15, 0.2) is 0 Å². The highest BCUT2D eigenvalue weighted by Crippen LogP contribution is 2.30. The fourth-order valence-corrected chi connectivity index (χ4v) is 4.65. The monoisotopic (exact) mass is 511 g/mol. The maximum absolute atomic E-state index is 12.3. The zero-order chi connectivity index (χ0) is 24.4. The van der Waals surface area contributed by atoms with Gasteiger partial charge in [-0.25, -0.2) is 9.79 Å². The molecule has 5 nitrogen and oxygen atoms in total. The molecule has 0 unspecified atom stereocenters. The summed E-state index contributed by atoms with van der Waals surface area (Å²) in [5.74, 6) is 0.233. The Morgan fingerprint density at radius 2 is 1.38 bits per heavy atom. The van der Waals surface area contributed by atoms with E-state index in [1.54, 1.807) is 18.2 Å². The smallest absolute Gasteiger partial charge is 0.332 e. The lowest BCUT2D eigenvalue weighted by atomic mass is 10.0. The standard InChI is InChI=1S/C27H43Cl2N3O2/c1-2-3-4-5-6-7-8-9-10-11-12-13-14-15-16-20-25(33)34-32-22-21-30-27(32)31-26-23(28)18-17-19-24(26)29/h17-19H,2-16,20-22H2,1H3,(H,30,31). The minimum absolute atomic E-state index is 0.226. The van der Waals surface area contributed by atoms with Crippen LogP contribution in [0.15, 0.2) is 23.2 Å². The molecule has 0 spiro atoms. The second-order valence-electron chi connectivity index (χ2n) is 9.19. The predicted octanol–water partition coefficient (Wildman–Crippen LogP) is 8.80. The molecule has 0 saturated carbocycles. The van der Waals surface area contributed by atoms with Gasteiger partial charge in [0.05, 0.1) is 28.8 Å². The topological polar surface area (TPSA) is 53.9 Å². The van der Waals surface area contributed by atoms with Gasteiger partial charge < -0.3 is 10.2 Å². The average molecular weight is 513 g/mol. The van der Waals surface area contributed by atoms with Crippen LogP contribution in [0.3, 0.4) is 0 Å². The van der Waals surface area contributed by atoms with Gasteiger partial charge in [-0.3, -0.25) is 0 Å². The van der Waals surface area contributed by atoms with E-state index in [4.69, 9.17) is 28.0 Å². The van der Waals surface area contributed by atoms with E-state index in [2.05, 4.69) is 17.2 Å². The van der Waals surface area contributed by atoms with Crippen LogP contribution in [0.5, 0.6) is 0 Å². The predicted molar refractivity (Wildman–Crippen MR) is 145 cm³/mol. The number of nitrogens with zero attached hydrogens (tertiary/aromatic N) is 2. The summed E-state index contributed by atoms with van der Waals surface area (Å²) in [5.41, 5.74) is 0.565. The number of hydrogen-bond donors (Lipinski definition) is 1. The van der Waals surface area contributed by atoms with Crippen molar-refractivity contribution in [3.63, 3.8) is 0 Å². The fourth-order valence-electron chi connectivity index (χ4n) is 4.16. The van der Waals surface area contributed by atoms with Crippen molar-refractivity contribution in [2.45, 2.75) is 110 Å². The normalized spacial score (nSPS) is 13.3. The summed E-state index contributed by atoms with van der Waals surface area (Å²) in [7, 11) is 0. The number of para-hydroxylation sites is 1. The lowest BCUT2D eigenvalue weighted by Gasteiger charge is -2.20. The Bertz CT molecular complexity index is 722. The molecule has 1 aliphatic rings. The van der Waals surface area contributed by atoms with E-state index in [1.807, 2.05) is 0 Å². The summed E-state index contributed by atoms with van der Waals surface area (Å²) >= 11 is 12.4. The third-order valence-electron chi connectivity index (χ3n) is 6.20. The largest absolute Gasteiger partial charge is 0.338 e. The number of benzene rings is 1. The van der Waals surface area contributed by atoms with Crippen LogP contribution in [0.25, 0.3) is 0 Å². The summed E-state index contributed by atoms with van der Waals surface area (Å²) in [5, 5.41) is 5.57. The van der Waals surface area contributed by atoms with E-state index in [9.17, 15) is 4.79 Å². The van der Waals surface area contributed by atoms with Crippen molar-refractivity contribution in [3.8, 4) is 0 Å². The van der Waals surface area contributed by atoms with Crippen molar-refractivity contribution in [2.24, 2.45) is 4.99 Å². The number of carbonyl (C=O) groups excluding carboxylic acids is 1.